The fourth-order valence-electron chi connectivity index (χ4n) is 3.81. The summed E-state index contributed by atoms with van der Waals surface area (Å²) < 4.78 is 11.1. The van der Waals surface area contributed by atoms with E-state index in [1.54, 1.807) is 18.2 Å². The number of benzene rings is 2. The molecule has 3 aromatic rings. The van der Waals surface area contributed by atoms with Gasteiger partial charge in [0.2, 0.25) is 11.7 Å². The molecule has 2 aromatic carbocycles. The number of fused-ring (bicyclic) bond motifs is 1. The number of aromatic nitrogens is 2. The van der Waals surface area contributed by atoms with Crippen molar-refractivity contribution in [2.75, 3.05) is 6.61 Å². The zero-order valence-electron chi connectivity index (χ0n) is 17.3. The summed E-state index contributed by atoms with van der Waals surface area (Å²) in [5.74, 6) is 0.867. The van der Waals surface area contributed by atoms with Gasteiger partial charge in [-0.15, -0.1) is 0 Å². The van der Waals surface area contributed by atoms with Crippen LogP contribution in [0.2, 0.25) is 0 Å². The fourth-order valence-corrected chi connectivity index (χ4v) is 3.81. The Balaban J connectivity index is 1.64. The van der Waals surface area contributed by atoms with E-state index in [1.165, 1.54) is 0 Å². The minimum absolute atomic E-state index is 0.0425. The molecule has 2 N–H and O–H groups in total. The van der Waals surface area contributed by atoms with E-state index in [9.17, 15) is 10.1 Å². The maximum atomic E-state index is 11.6. The third kappa shape index (κ3) is 4.13. The zero-order chi connectivity index (χ0) is 22.0. The van der Waals surface area contributed by atoms with Gasteiger partial charge in [0.05, 0.1) is 17.7 Å². The van der Waals surface area contributed by atoms with Gasteiger partial charge in [0, 0.05) is 11.1 Å². The van der Waals surface area contributed by atoms with E-state index in [-0.39, 0.29) is 12.1 Å². The van der Waals surface area contributed by atoms with E-state index in [2.05, 4.69) is 21.5 Å². The first kappa shape index (κ1) is 20.6. The highest BCUT2D eigenvalue weighted by Crippen LogP contribution is 2.37. The smallest absolute Gasteiger partial charge is 0.258 e. The van der Waals surface area contributed by atoms with Crippen molar-refractivity contribution in [3.8, 4) is 34.7 Å². The Morgan fingerprint density at radius 1 is 1.39 bits per heavy atom. The first-order valence-electron chi connectivity index (χ1n) is 10.1. The van der Waals surface area contributed by atoms with E-state index >= 15 is 0 Å². The van der Waals surface area contributed by atoms with Crippen LogP contribution in [0.5, 0.6) is 5.75 Å². The Bertz CT molecular complexity index is 1160. The first-order valence-corrected chi connectivity index (χ1v) is 10.1. The molecule has 1 heterocycles. The van der Waals surface area contributed by atoms with Crippen LogP contribution in [0.1, 0.15) is 43.0 Å². The van der Waals surface area contributed by atoms with Gasteiger partial charge in [-0.3, -0.25) is 4.79 Å². The molecular weight excluding hydrogens is 396 g/mol. The number of nitrogens with zero attached hydrogens (tertiary/aromatic N) is 3. The lowest BCUT2D eigenvalue weighted by atomic mass is 10.0. The van der Waals surface area contributed by atoms with Crippen molar-refractivity contribution in [3.05, 3.63) is 53.1 Å². The van der Waals surface area contributed by atoms with Gasteiger partial charge in [0.25, 0.3) is 5.89 Å². The molecule has 1 aliphatic rings. The molecular formula is C23H22N4O4. The molecule has 31 heavy (non-hydrogen) atoms. The lowest BCUT2D eigenvalue weighted by Gasteiger charge is -2.13. The van der Waals surface area contributed by atoms with Crippen LogP contribution in [0.15, 0.2) is 40.9 Å². The van der Waals surface area contributed by atoms with Crippen molar-refractivity contribution < 1.29 is 19.2 Å². The van der Waals surface area contributed by atoms with Crippen molar-refractivity contribution in [1.82, 2.24) is 15.5 Å². The van der Waals surface area contributed by atoms with Crippen molar-refractivity contribution in [2.45, 2.75) is 38.8 Å². The molecule has 1 amide bonds. The lowest BCUT2D eigenvalue weighted by Crippen LogP contribution is -2.29. The molecule has 8 heteroatoms. The molecule has 4 rings (SSSR count). The topological polar surface area (TPSA) is 121 Å². The number of amides is 1. The standard InChI is InChI=1S/C23H22N4O4/c1-13(2)30-20-9-6-14(10-15(20)11-24)23-26-22(27-31-23)18-5-3-4-17-16(18)7-8-19(17)25-21(29)12-28/h3-6,9-10,13,19,28H,7-8,12H2,1-2H3,(H,25,29)/t19-/m1/s1. The largest absolute Gasteiger partial charge is 0.490 e. The fraction of sp³-hybridized carbons (Fsp3) is 0.304. The summed E-state index contributed by atoms with van der Waals surface area (Å²) in [7, 11) is 0. The highest BCUT2D eigenvalue weighted by molar-refractivity contribution is 5.78. The van der Waals surface area contributed by atoms with Crippen LogP contribution < -0.4 is 10.1 Å². The maximum absolute atomic E-state index is 11.6. The van der Waals surface area contributed by atoms with E-state index in [4.69, 9.17) is 14.4 Å². The van der Waals surface area contributed by atoms with Crippen LogP contribution in [0, 0.1) is 11.3 Å². The maximum Gasteiger partial charge on any atom is 0.258 e. The van der Waals surface area contributed by atoms with E-state index in [1.807, 2.05) is 32.0 Å². The Hall–Kier alpha value is -3.70. The molecule has 0 saturated heterocycles. The minimum atomic E-state index is -0.536. The van der Waals surface area contributed by atoms with E-state index in [0.717, 1.165) is 29.5 Å². The molecule has 1 atom stereocenters. The minimum Gasteiger partial charge on any atom is -0.490 e. The summed E-state index contributed by atoms with van der Waals surface area (Å²) in [5.41, 5.74) is 3.92. The third-order valence-electron chi connectivity index (χ3n) is 5.13. The molecule has 0 aliphatic heterocycles. The van der Waals surface area contributed by atoms with Crippen LogP contribution in [-0.2, 0) is 11.2 Å². The molecule has 0 fully saturated rings. The van der Waals surface area contributed by atoms with Crippen molar-refractivity contribution >= 4 is 5.91 Å². The van der Waals surface area contributed by atoms with Gasteiger partial charge >= 0.3 is 0 Å². The van der Waals surface area contributed by atoms with Crippen LogP contribution in [0.4, 0.5) is 0 Å². The highest BCUT2D eigenvalue weighted by Gasteiger charge is 2.27. The molecule has 0 bridgehead atoms. The predicted molar refractivity (Wildman–Crippen MR) is 112 cm³/mol. The number of aliphatic hydroxyl groups excluding tert-OH is 1. The van der Waals surface area contributed by atoms with Gasteiger partial charge in [0.1, 0.15) is 18.4 Å². The Labute approximate surface area is 179 Å². The average molecular weight is 418 g/mol. The lowest BCUT2D eigenvalue weighted by molar-refractivity contribution is -0.124. The summed E-state index contributed by atoms with van der Waals surface area (Å²) in [6.45, 7) is 3.26. The normalized spacial score (nSPS) is 14.9. The van der Waals surface area contributed by atoms with Gasteiger partial charge in [-0.2, -0.15) is 10.2 Å². The van der Waals surface area contributed by atoms with Crippen molar-refractivity contribution in [3.63, 3.8) is 0 Å². The van der Waals surface area contributed by atoms with Crippen LogP contribution in [0.25, 0.3) is 22.8 Å². The number of aliphatic hydroxyl groups is 1. The summed E-state index contributed by atoms with van der Waals surface area (Å²) in [6, 6.07) is 12.9. The van der Waals surface area contributed by atoms with Gasteiger partial charge in [0.15, 0.2) is 0 Å². The zero-order valence-corrected chi connectivity index (χ0v) is 17.3. The highest BCUT2D eigenvalue weighted by atomic mass is 16.5. The number of carbonyl (C=O) groups is 1. The van der Waals surface area contributed by atoms with Gasteiger partial charge in [-0.1, -0.05) is 23.4 Å². The quantitative estimate of drug-likeness (QED) is 0.631. The second kappa shape index (κ2) is 8.58. The monoisotopic (exact) mass is 418 g/mol. The first-order chi connectivity index (χ1) is 15.0. The Morgan fingerprint density at radius 3 is 2.97 bits per heavy atom. The molecule has 0 radical (unpaired) electrons. The van der Waals surface area contributed by atoms with E-state index in [0.29, 0.717) is 28.6 Å². The molecule has 0 unspecified atom stereocenters. The van der Waals surface area contributed by atoms with Gasteiger partial charge < -0.3 is 19.7 Å². The second-order valence-electron chi connectivity index (χ2n) is 7.60. The SMILES string of the molecule is CC(C)Oc1ccc(-c2nc(-c3cccc4c3CC[C@H]4NC(=O)CO)no2)cc1C#N. The van der Waals surface area contributed by atoms with Crippen LogP contribution in [-0.4, -0.2) is 33.9 Å². The number of nitriles is 1. The number of nitrogens with one attached hydrogen (secondary N) is 1. The number of carbonyl (C=O) groups excluding carboxylic acids is 1. The number of hydrogen-bond acceptors (Lipinski definition) is 7. The number of ether oxygens (including phenoxy) is 1. The number of rotatable bonds is 6. The molecule has 0 saturated carbocycles. The average Bonchev–Trinajstić information content (AvgIpc) is 3.41. The Morgan fingerprint density at radius 2 is 2.23 bits per heavy atom. The summed E-state index contributed by atoms with van der Waals surface area (Å²) in [6.07, 6.45) is 1.45. The van der Waals surface area contributed by atoms with Crippen molar-refractivity contribution in [1.29, 1.82) is 5.26 Å². The third-order valence-corrected chi connectivity index (χ3v) is 5.13. The second-order valence-corrected chi connectivity index (χ2v) is 7.60. The summed E-state index contributed by atoms with van der Waals surface area (Å²) in [4.78, 5) is 16.1. The number of hydrogen-bond donors (Lipinski definition) is 2. The summed E-state index contributed by atoms with van der Waals surface area (Å²) in [5, 5.41) is 25.4. The molecule has 1 aliphatic carbocycles. The van der Waals surface area contributed by atoms with Gasteiger partial charge in [-0.05, 0) is 56.0 Å². The van der Waals surface area contributed by atoms with Crippen molar-refractivity contribution in [2.24, 2.45) is 0 Å². The molecule has 0 spiro atoms. The molecule has 8 nitrogen and oxygen atoms in total. The van der Waals surface area contributed by atoms with E-state index < -0.39 is 12.5 Å². The Kier molecular flexibility index (Phi) is 5.69. The molecule has 158 valence electrons. The van der Waals surface area contributed by atoms with Crippen LogP contribution >= 0.6 is 0 Å². The summed E-state index contributed by atoms with van der Waals surface area (Å²) >= 11 is 0. The van der Waals surface area contributed by atoms with Gasteiger partial charge in [-0.25, -0.2) is 0 Å². The molecule has 1 aromatic heterocycles. The predicted octanol–water partition coefficient (Wildman–Crippen LogP) is 3.16. The van der Waals surface area contributed by atoms with Crippen LogP contribution in [0.3, 0.4) is 0 Å².